The molecular formula is C19H32N4O2S. The van der Waals surface area contributed by atoms with Gasteiger partial charge in [0.15, 0.2) is 0 Å². The van der Waals surface area contributed by atoms with Crippen LogP contribution in [-0.2, 0) is 4.79 Å². The van der Waals surface area contributed by atoms with Crippen LogP contribution < -0.4 is 16.0 Å². The topological polar surface area (TPSA) is 73.5 Å². The van der Waals surface area contributed by atoms with Gasteiger partial charge in [0.05, 0.1) is 6.04 Å². The standard InChI is InChI=1S/C19H32N4O2S/c1-23(2)16(17-10-7-13-26-17)14-21-18(24)11-6-12-20-19(25)22-15-8-4-3-5-9-15/h7,10,13,15-16H,3-6,8-9,11-12,14H2,1-2H3,(H,21,24)(H2,20,22,25). The zero-order valence-corrected chi connectivity index (χ0v) is 16.7. The minimum Gasteiger partial charge on any atom is -0.354 e. The molecular weight excluding hydrogens is 348 g/mol. The van der Waals surface area contributed by atoms with Crippen LogP contribution in [0, 0.1) is 0 Å². The van der Waals surface area contributed by atoms with E-state index in [0.29, 0.717) is 32.0 Å². The SMILES string of the molecule is CN(C)C(CNC(=O)CCCNC(=O)NC1CCCCC1)c1cccs1. The van der Waals surface area contributed by atoms with Crippen molar-refractivity contribution in [2.24, 2.45) is 0 Å². The van der Waals surface area contributed by atoms with Gasteiger partial charge in [-0.25, -0.2) is 4.79 Å². The third-order valence-corrected chi connectivity index (χ3v) is 5.77. The number of carbonyl (C=O) groups excluding carboxylic acids is 2. The van der Waals surface area contributed by atoms with Gasteiger partial charge in [0.1, 0.15) is 0 Å². The molecule has 0 saturated heterocycles. The van der Waals surface area contributed by atoms with E-state index in [9.17, 15) is 9.59 Å². The summed E-state index contributed by atoms with van der Waals surface area (Å²) < 4.78 is 0. The number of likely N-dealkylation sites (N-methyl/N-ethyl adjacent to an activating group) is 1. The fourth-order valence-corrected chi connectivity index (χ4v) is 4.17. The van der Waals surface area contributed by atoms with Crippen molar-refractivity contribution < 1.29 is 9.59 Å². The van der Waals surface area contributed by atoms with Gasteiger partial charge in [-0.2, -0.15) is 0 Å². The van der Waals surface area contributed by atoms with E-state index in [4.69, 9.17) is 0 Å². The van der Waals surface area contributed by atoms with E-state index in [1.165, 1.54) is 24.1 Å². The highest BCUT2D eigenvalue weighted by Crippen LogP contribution is 2.22. The van der Waals surface area contributed by atoms with Gasteiger partial charge in [-0.3, -0.25) is 4.79 Å². The Kier molecular flexibility index (Phi) is 8.91. The van der Waals surface area contributed by atoms with Crippen molar-refractivity contribution in [1.82, 2.24) is 20.9 Å². The van der Waals surface area contributed by atoms with Gasteiger partial charge in [0, 0.05) is 30.4 Å². The Balaban J connectivity index is 1.57. The zero-order chi connectivity index (χ0) is 18.8. The molecule has 1 aromatic rings. The van der Waals surface area contributed by atoms with E-state index in [1.807, 2.05) is 20.2 Å². The molecule has 26 heavy (non-hydrogen) atoms. The van der Waals surface area contributed by atoms with Crippen molar-refractivity contribution in [2.45, 2.75) is 57.0 Å². The van der Waals surface area contributed by atoms with Crippen molar-refractivity contribution in [2.75, 3.05) is 27.2 Å². The first-order valence-electron chi connectivity index (χ1n) is 9.57. The summed E-state index contributed by atoms with van der Waals surface area (Å²) in [5.41, 5.74) is 0. The van der Waals surface area contributed by atoms with E-state index in [0.717, 1.165) is 12.8 Å². The molecule has 1 atom stereocenters. The Labute approximate surface area is 160 Å². The summed E-state index contributed by atoms with van der Waals surface area (Å²) in [6, 6.07) is 4.52. The zero-order valence-electron chi connectivity index (χ0n) is 15.9. The van der Waals surface area contributed by atoms with Crippen LogP contribution in [0.15, 0.2) is 17.5 Å². The van der Waals surface area contributed by atoms with Crippen LogP contribution in [0.5, 0.6) is 0 Å². The molecule has 1 aliphatic rings. The highest BCUT2D eigenvalue weighted by Gasteiger charge is 2.17. The van der Waals surface area contributed by atoms with Crippen LogP contribution in [0.2, 0.25) is 0 Å². The van der Waals surface area contributed by atoms with Crippen LogP contribution in [0.1, 0.15) is 55.9 Å². The summed E-state index contributed by atoms with van der Waals surface area (Å²) in [5.74, 6) is 0.0305. The number of nitrogens with one attached hydrogen (secondary N) is 3. The van der Waals surface area contributed by atoms with Crippen molar-refractivity contribution in [3.8, 4) is 0 Å². The molecule has 0 radical (unpaired) electrons. The molecule has 1 aromatic heterocycles. The third-order valence-electron chi connectivity index (χ3n) is 4.79. The summed E-state index contributed by atoms with van der Waals surface area (Å²) in [6.07, 6.45) is 6.90. The molecule has 0 aliphatic heterocycles. The summed E-state index contributed by atoms with van der Waals surface area (Å²) in [5, 5.41) is 10.9. The third kappa shape index (κ3) is 7.33. The number of thiophene rings is 1. The van der Waals surface area contributed by atoms with Crippen molar-refractivity contribution >= 4 is 23.3 Å². The average Bonchev–Trinajstić information content (AvgIpc) is 3.14. The maximum Gasteiger partial charge on any atom is 0.315 e. The summed E-state index contributed by atoms with van der Waals surface area (Å²) in [6.45, 7) is 1.12. The summed E-state index contributed by atoms with van der Waals surface area (Å²) in [7, 11) is 4.04. The lowest BCUT2D eigenvalue weighted by molar-refractivity contribution is -0.121. The fourth-order valence-electron chi connectivity index (χ4n) is 3.25. The Morgan fingerprint density at radius 2 is 2.00 bits per heavy atom. The maximum atomic E-state index is 12.0. The monoisotopic (exact) mass is 380 g/mol. The van der Waals surface area contributed by atoms with Gasteiger partial charge in [-0.15, -0.1) is 11.3 Å². The fraction of sp³-hybridized carbons (Fsp3) is 0.684. The van der Waals surface area contributed by atoms with E-state index in [-0.39, 0.29) is 18.0 Å². The molecule has 2 rings (SSSR count). The number of carbonyl (C=O) groups is 2. The number of urea groups is 1. The quantitative estimate of drug-likeness (QED) is 0.577. The molecule has 1 heterocycles. The van der Waals surface area contributed by atoms with E-state index < -0.39 is 0 Å². The number of nitrogens with zero attached hydrogens (tertiary/aromatic N) is 1. The highest BCUT2D eigenvalue weighted by molar-refractivity contribution is 7.10. The molecule has 0 aromatic carbocycles. The Morgan fingerprint density at radius 1 is 1.23 bits per heavy atom. The molecule has 6 nitrogen and oxygen atoms in total. The number of hydrogen-bond acceptors (Lipinski definition) is 4. The second kappa shape index (κ2) is 11.2. The first kappa shape index (κ1) is 20.7. The predicted octanol–water partition coefficient (Wildman–Crippen LogP) is 2.88. The second-order valence-corrected chi connectivity index (χ2v) is 8.12. The Hall–Kier alpha value is -1.60. The minimum atomic E-state index is -0.109. The van der Waals surface area contributed by atoms with Gasteiger partial charge in [-0.05, 0) is 44.8 Å². The highest BCUT2D eigenvalue weighted by atomic mass is 32.1. The molecule has 0 bridgehead atoms. The largest absolute Gasteiger partial charge is 0.354 e. The van der Waals surface area contributed by atoms with Gasteiger partial charge >= 0.3 is 6.03 Å². The summed E-state index contributed by atoms with van der Waals surface area (Å²) in [4.78, 5) is 27.3. The van der Waals surface area contributed by atoms with Gasteiger partial charge in [0.2, 0.25) is 5.91 Å². The van der Waals surface area contributed by atoms with Crippen LogP contribution in [0.4, 0.5) is 4.79 Å². The van der Waals surface area contributed by atoms with Crippen molar-refractivity contribution in [1.29, 1.82) is 0 Å². The van der Waals surface area contributed by atoms with Crippen LogP contribution in [0.3, 0.4) is 0 Å². The van der Waals surface area contributed by atoms with E-state index in [2.05, 4.69) is 32.3 Å². The number of amides is 3. The minimum absolute atomic E-state index is 0.0305. The molecule has 146 valence electrons. The Bertz CT molecular complexity index is 542. The lowest BCUT2D eigenvalue weighted by Gasteiger charge is -2.23. The molecule has 3 amide bonds. The first-order chi connectivity index (χ1) is 12.6. The van der Waals surface area contributed by atoms with Crippen LogP contribution in [-0.4, -0.2) is 50.1 Å². The average molecular weight is 381 g/mol. The van der Waals surface area contributed by atoms with E-state index in [1.54, 1.807) is 11.3 Å². The first-order valence-corrected chi connectivity index (χ1v) is 10.4. The number of rotatable bonds is 9. The van der Waals surface area contributed by atoms with Gasteiger partial charge in [-0.1, -0.05) is 25.3 Å². The molecule has 1 saturated carbocycles. The lowest BCUT2D eigenvalue weighted by atomic mass is 9.96. The molecule has 0 spiro atoms. The normalized spacial score (nSPS) is 16.3. The summed E-state index contributed by atoms with van der Waals surface area (Å²) >= 11 is 1.70. The smallest absolute Gasteiger partial charge is 0.315 e. The van der Waals surface area contributed by atoms with Crippen molar-refractivity contribution in [3.63, 3.8) is 0 Å². The maximum absolute atomic E-state index is 12.0. The molecule has 1 aliphatic carbocycles. The molecule has 7 heteroatoms. The molecule has 3 N–H and O–H groups in total. The van der Waals surface area contributed by atoms with Gasteiger partial charge < -0.3 is 20.9 Å². The molecule has 1 fully saturated rings. The van der Waals surface area contributed by atoms with E-state index >= 15 is 0 Å². The van der Waals surface area contributed by atoms with Crippen LogP contribution in [0.25, 0.3) is 0 Å². The molecule has 1 unspecified atom stereocenters. The number of hydrogen-bond donors (Lipinski definition) is 3. The van der Waals surface area contributed by atoms with Crippen molar-refractivity contribution in [3.05, 3.63) is 22.4 Å². The van der Waals surface area contributed by atoms with Crippen LogP contribution >= 0.6 is 11.3 Å². The lowest BCUT2D eigenvalue weighted by Crippen LogP contribution is -2.43. The second-order valence-electron chi connectivity index (χ2n) is 7.14. The Morgan fingerprint density at radius 3 is 2.65 bits per heavy atom. The van der Waals surface area contributed by atoms with Gasteiger partial charge in [0.25, 0.3) is 0 Å². The predicted molar refractivity (Wildman–Crippen MR) is 106 cm³/mol.